The summed E-state index contributed by atoms with van der Waals surface area (Å²) >= 11 is 0. The topological polar surface area (TPSA) is 45.4 Å². The fourth-order valence-electron chi connectivity index (χ4n) is 4.53. The van der Waals surface area contributed by atoms with Gasteiger partial charge in [-0.2, -0.15) is 5.26 Å². The van der Waals surface area contributed by atoms with Gasteiger partial charge in [-0.3, -0.25) is 4.99 Å². The normalized spacial score (nSPS) is 18.4. The third-order valence-corrected chi connectivity index (χ3v) is 5.95. The summed E-state index contributed by atoms with van der Waals surface area (Å²) in [5.74, 6) is 0.827. The highest BCUT2D eigenvalue weighted by Gasteiger charge is 2.41. The maximum Gasteiger partial charge on any atom is 0.118 e. The van der Waals surface area contributed by atoms with Crippen LogP contribution in [0.4, 0.5) is 0 Å². The average molecular weight is 356 g/mol. The first-order chi connectivity index (χ1) is 13.3. The Morgan fingerprint density at radius 3 is 2.48 bits per heavy atom. The Bertz CT molecular complexity index is 926. The summed E-state index contributed by atoms with van der Waals surface area (Å²) in [7, 11) is 1.66. The molecule has 0 saturated heterocycles. The molecule has 1 spiro atoms. The third kappa shape index (κ3) is 3.28. The lowest BCUT2D eigenvalue weighted by molar-refractivity contribution is 0.242. The molecule has 0 aliphatic heterocycles. The van der Waals surface area contributed by atoms with Crippen molar-refractivity contribution in [3.8, 4) is 11.8 Å². The molecule has 2 aliphatic rings. The number of aliphatic imine (C=N–C) groups is 1. The molecule has 136 valence electrons. The first-order valence-electron chi connectivity index (χ1n) is 9.67. The predicted octanol–water partition coefficient (Wildman–Crippen LogP) is 5.56. The van der Waals surface area contributed by atoms with Crippen LogP contribution in [-0.2, 0) is 6.42 Å². The maximum absolute atomic E-state index is 10.1. The molecule has 0 atom stereocenters. The van der Waals surface area contributed by atoms with E-state index in [0.29, 0.717) is 0 Å². The van der Waals surface area contributed by atoms with Gasteiger partial charge in [0, 0.05) is 17.2 Å². The van der Waals surface area contributed by atoms with Crippen LogP contribution < -0.4 is 4.74 Å². The van der Waals surface area contributed by atoms with Crippen molar-refractivity contribution in [2.24, 2.45) is 10.4 Å². The van der Waals surface area contributed by atoms with Gasteiger partial charge in [-0.15, -0.1) is 0 Å². The van der Waals surface area contributed by atoms with E-state index in [-0.39, 0.29) is 5.41 Å². The van der Waals surface area contributed by atoms with Crippen LogP contribution in [0.25, 0.3) is 5.70 Å². The largest absolute Gasteiger partial charge is 0.497 e. The Kier molecular flexibility index (Phi) is 4.81. The van der Waals surface area contributed by atoms with Crippen LogP contribution in [0.5, 0.6) is 5.75 Å². The number of hydrogen-bond acceptors (Lipinski definition) is 3. The number of rotatable bonds is 3. The Morgan fingerprint density at radius 2 is 1.78 bits per heavy atom. The van der Waals surface area contributed by atoms with Crippen molar-refractivity contribution in [3.05, 3.63) is 70.8 Å². The van der Waals surface area contributed by atoms with E-state index in [4.69, 9.17) is 9.73 Å². The number of nitrogens with zero attached hydrogens (tertiary/aromatic N) is 2. The fraction of sp³-hybridized carbons (Fsp3) is 0.333. The molecular weight excluding hydrogens is 332 g/mol. The molecule has 4 rings (SSSR count). The summed E-state index contributed by atoms with van der Waals surface area (Å²) in [6, 6.07) is 18.8. The molecule has 0 bridgehead atoms. The zero-order chi connectivity index (χ0) is 18.7. The second kappa shape index (κ2) is 7.40. The van der Waals surface area contributed by atoms with Crippen molar-refractivity contribution in [3.63, 3.8) is 0 Å². The van der Waals surface area contributed by atoms with Crippen molar-refractivity contribution < 1.29 is 4.74 Å². The molecule has 3 nitrogen and oxygen atoms in total. The summed E-state index contributed by atoms with van der Waals surface area (Å²) in [6.45, 7) is 0. The highest BCUT2D eigenvalue weighted by Crippen LogP contribution is 2.51. The van der Waals surface area contributed by atoms with Gasteiger partial charge in [0.25, 0.3) is 0 Å². The molecule has 3 heteroatoms. The molecule has 0 heterocycles. The second-order valence-electron chi connectivity index (χ2n) is 7.54. The molecule has 0 radical (unpaired) electrons. The maximum atomic E-state index is 10.1. The number of allylic oxidation sites excluding steroid dienone is 1. The van der Waals surface area contributed by atoms with Gasteiger partial charge in [0.1, 0.15) is 5.75 Å². The average Bonchev–Trinajstić information content (AvgIpc) is 2.72. The minimum Gasteiger partial charge on any atom is -0.497 e. The van der Waals surface area contributed by atoms with E-state index in [1.807, 2.05) is 36.5 Å². The Hall–Kier alpha value is -2.86. The van der Waals surface area contributed by atoms with Crippen molar-refractivity contribution >= 4 is 11.9 Å². The van der Waals surface area contributed by atoms with Crippen molar-refractivity contribution in [2.45, 2.75) is 38.5 Å². The molecule has 0 unspecified atom stereocenters. The molecule has 2 aromatic carbocycles. The Morgan fingerprint density at radius 1 is 1.04 bits per heavy atom. The van der Waals surface area contributed by atoms with Crippen LogP contribution in [0.3, 0.4) is 0 Å². The van der Waals surface area contributed by atoms with E-state index >= 15 is 0 Å². The van der Waals surface area contributed by atoms with Gasteiger partial charge >= 0.3 is 0 Å². The van der Waals surface area contributed by atoms with Crippen LogP contribution in [0.15, 0.2) is 59.1 Å². The van der Waals surface area contributed by atoms with Gasteiger partial charge in [0.05, 0.1) is 24.4 Å². The fourth-order valence-corrected chi connectivity index (χ4v) is 4.53. The van der Waals surface area contributed by atoms with E-state index in [2.05, 4.69) is 24.3 Å². The minimum absolute atomic E-state index is 0.0338. The van der Waals surface area contributed by atoms with E-state index < -0.39 is 0 Å². The lowest BCUT2D eigenvalue weighted by atomic mass is 9.62. The molecular formula is C24H24N2O. The number of hydrogen-bond donors (Lipinski definition) is 0. The Labute approximate surface area is 161 Å². The molecule has 27 heavy (non-hydrogen) atoms. The van der Waals surface area contributed by atoms with Gasteiger partial charge in [0.2, 0.25) is 0 Å². The van der Waals surface area contributed by atoms with Gasteiger partial charge in [-0.05, 0) is 54.7 Å². The number of fused-ring (bicyclic) bond motifs is 1. The third-order valence-electron chi connectivity index (χ3n) is 5.95. The lowest BCUT2D eigenvalue weighted by Gasteiger charge is -2.41. The van der Waals surface area contributed by atoms with E-state index in [1.165, 1.54) is 24.8 Å². The van der Waals surface area contributed by atoms with Gasteiger partial charge in [-0.25, -0.2) is 0 Å². The molecule has 0 N–H and O–H groups in total. The first kappa shape index (κ1) is 17.5. The highest BCUT2D eigenvalue weighted by atomic mass is 16.5. The zero-order valence-corrected chi connectivity index (χ0v) is 15.7. The van der Waals surface area contributed by atoms with Crippen LogP contribution in [0.1, 0.15) is 48.8 Å². The van der Waals surface area contributed by atoms with Crippen LogP contribution in [0.2, 0.25) is 0 Å². The van der Waals surface area contributed by atoms with Crippen LogP contribution >= 0.6 is 0 Å². The monoisotopic (exact) mass is 356 g/mol. The first-order valence-corrected chi connectivity index (χ1v) is 9.67. The van der Waals surface area contributed by atoms with Crippen molar-refractivity contribution in [2.75, 3.05) is 7.11 Å². The molecule has 0 amide bonds. The van der Waals surface area contributed by atoms with Gasteiger partial charge in [0.15, 0.2) is 0 Å². The van der Waals surface area contributed by atoms with Crippen molar-refractivity contribution in [1.82, 2.24) is 0 Å². The van der Waals surface area contributed by atoms with E-state index in [1.54, 1.807) is 7.11 Å². The van der Waals surface area contributed by atoms with E-state index in [9.17, 15) is 5.26 Å². The molecule has 2 aromatic rings. The number of methoxy groups -OCH3 is 1. The standard InChI is InChI=1S/C24H24N2O/c1-27-20-11-9-18(10-12-20)17-26-23-21-8-4-3-7-19(21)15-24(22(23)16-25)13-5-2-6-14-24/h3-4,7-12,17H,2,5-6,13-15H2,1H3. The smallest absolute Gasteiger partial charge is 0.118 e. The van der Waals surface area contributed by atoms with Gasteiger partial charge in [-0.1, -0.05) is 43.5 Å². The molecule has 1 fully saturated rings. The predicted molar refractivity (Wildman–Crippen MR) is 109 cm³/mol. The highest BCUT2D eigenvalue weighted by molar-refractivity contribution is 5.88. The minimum atomic E-state index is -0.0338. The number of ether oxygens (including phenoxy) is 1. The summed E-state index contributed by atoms with van der Waals surface area (Å²) in [5.41, 5.74) is 5.13. The van der Waals surface area contributed by atoms with E-state index in [0.717, 1.165) is 47.4 Å². The molecule has 1 saturated carbocycles. The van der Waals surface area contributed by atoms with Crippen LogP contribution in [0, 0.1) is 16.7 Å². The lowest BCUT2D eigenvalue weighted by Crippen LogP contribution is -2.32. The SMILES string of the molecule is COc1ccc(C=NC2=C(C#N)C3(CCCCC3)Cc3ccccc32)cc1. The zero-order valence-electron chi connectivity index (χ0n) is 15.7. The van der Waals surface area contributed by atoms with Crippen molar-refractivity contribution in [1.29, 1.82) is 5.26 Å². The Balaban J connectivity index is 1.79. The van der Waals surface area contributed by atoms with Gasteiger partial charge < -0.3 is 4.74 Å². The summed E-state index contributed by atoms with van der Waals surface area (Å²) in [6.07, 6.45) is 8.67. The second-order valence-corrected chi connectivity index (χ2v) is 7.54. The summed E-state index contributed by atoms with van der Waals surface area (Å²) in [5, 5.41) is 10.1. The quantitative estimate of drug-likeness (QED) is 0.676. The van der Waals surface area contributed by atoms with Crippen LogP contribution in [-0.4, -0.2) is 13.3 Å². The molecule has 2 aliphatic carbocycles. The summed E-state index contributed by atoms with van der Waals surface area (Å²) in [4.78, 5) is 4.84. The molecule has 0 aromatic heterocycles. The summed E-state index contributed by atoms with van der Waals surface area (Å²) < 4.78 is 5.22. The number of nitriles is 1. The number of benzene rings is 2.